The van der Waals surface area contributed by atoms with Crippen LogP contribution < -0.4 is 5.32 Å². The zero-order valence-corrected chi connectivity index (χ0v) is 5.64. The Labute approximate surface area is 59.1 Å². The van der Waals surface area contributed by atoms with E-state index >= 15 is 0 Å². The molecule has 3 nitrogen and oxygen atoms in total. The minimum atomic E-state index is -0.100. The number of carbonyl (C=O) groups excluding carboxylic acids is 1. The minimum absolute atomic E-state index is 0.100. The van der Waals surface area contributed by atoms with Gasteiger partial charge in [-0.3, -0.25) is 0 Å². The highest BCUT2D eigenvalue weighted by atomic mass is 16.5. The van der Waals surface area contributed by atoms with E-state index in [1.54, 1.807) is 0 Å². The highest BCUT2D eigenvalue weighted by Gasteiger charge is 2.25. The van der Waals surface area contributed by atoms with Crippen molar-refractivity contribution in [1.82, 2.24) is 5.32 Å². The van der Waals surface area contributed by atoms with Crippen LogP contribution in [-0.2, 0) is 9.53 Å². The molecule has 2 fully saturated rings. The Hall–Kier alpha value is -0.830. The largest absolute Gasteiger partial charge is 0.462 e. The van der Waals surface area contributed by atoms with Gasteiger partial charge in [0.05, 0.1) is 6.61 Å². The van der Waals surface area contributed by atoms with E-state index < -0.39 is 0 Å². The average Bonchev–Trinajstić information content (AvgIpc) is 2.12. The number of ether oxygens (including phenoxy) is 1. The second kappa shape index (κ2) is 2.09. The third kappa shape index (κ3) is 0.743. The summed E-state index contributed by atoms with van der Waals surface area (Å²) in [6.07, 6.45) is 0.815. The van der Waals surface area contributed by atoms with Crippen molar-refractivity contribution in [2.45, 2.75) is 6.42 Å². The Bertz CT molecular complexity index is 202. The lowest BCUT2D eigenvalue weighted by molar-refractivity contribution is -0.135. The van der Waals surface area contributed by atoms with Gasteiger partial charge in [-0.25, -0.2) is 4.79 Å². The van der Waals surface area contributed by atoms with Gasteiger partial charge in [0, 0.05) is 25.1 Å². The molecule has 2 aliphatic rings. The summed E-state index contributed by atoms with van der Waals surface area (Å²) in [6, 6.07) is 0. The van der Waals surface area contributed by atoms with E-state index in [-0.39, 0.29) is 5.97 Å². The van der Waals surface area contributed by atoms with Crippen molar-refractivity contribution in [3.05, 3.63) is 11.1 Å². The maximum Gasteiger partial charge on any atom is 0.334 e. The van der Waals surface area contributed by atoms with Crippen molar-refractivity contribution in [3.8, 4) is 0 Å². The zero-order valence-electron chi connectivity index (χ0n) is 5.64. The first-order chi connectivity index (χ1) is 4.88. The summed E-state index contributed by atoms with van der Waals surface area (Å²) < 4.78 is 4.80. The lowest BCUT2D eigenvalue weighted by atomic mass is 10.0. The van der Waals surface area contributed by atoms with Crippen LogP contribution in [0, 0.1) is 0 Å². The fraction of sp³-hybridized carbons (Fsp3) is 0.571. The zero-order chi connectivity index (χ0) is 6.97. The predicted octanol–water partition coefficient (Wildman–Crippen LogP) is -0.167. The number of cyclic esters (lactones) is 1. The maximum atomic E-state index is 10.9. The molecule has 0 aromatic heterocycles. The van der Waals surface area contributed by atoms with E-state index in [9.17, 15) is 4.79 Å². The molecule has 1 N–H and O–H groups in total. The summed E-state index contributed by atoms with van der Waals surface area (Å²) in [6.45, 7) is 2.34. The molecule has 0 radical (unpaired) electrons. The van der Waals surface area contributed by atoms with Gasteiger partial charge in [-0.2, -0.15) is 0 Å². The van der Waals surface area contributed by atoms with Crippen LogP contribution in [0.4, 0.5) is 0 Å². The Balaban J connectivity index is 2.22. The molecule has 2 saturated heterocycles. The molecule has 0 spiro atoms. The van der Waals surface area contributed by atoms with Crippen molar-refractivity contribution < 1.29 is 9.53 Å². The van der Waals surface area contributed by atoms with Gasteiger partial charge in [-0.15, -0.1) is 0 Å². The van der Waals surface area contributed by atoms with Crippen molar-refractivity contribution in [1.29, 1.82) is 0 Å². The van der Waals surface area contributed by atoms with Gasteiger partial charge in [-0.1, -0.05) is 0 Å². The highest BCUT2D eigenvalue weighted by molar-refractivity contribution is 5.91. The summed E-state index contributed by atoms with van der Waals surface area (Å²) in [5, 5.41) is 3.09. The summed E-state index contributed by atoms with van der Waals surface area (Å²) >= 11 is 0. The fourth-order valence-electron chi connectivity index (χ4n) is 1.22. The monoisotopic (exact) mass is 139 g/mol. The molecular weight excluding hydrogens is 130 g/mol. The van der Waals surface area contributed by atoms with Crippen molar-refractivity contribution in [3.63, 3.8) is 0 Å². The van der Waals surface area contributed by atoms with Crippen LogP contribution in [0.5, 0.6) is 0 Å². The van der Waals surface area contributed by atoms with Crippen LogP contribution in [0.1, 0.15) is 6.42 Å². The van der Waals surface area contributed by atoms with Crippen LogP contribution >= 0.6 is 0 Å². The Morgan fingerprint density at radius 3 is 2.60 bits per heavy atom. The van der Waals surface area contributed by atoms with Crippen LogP contribution in [-0.4, -0.2) is 25.7 Å². The second-order valence-corrected chi connectivity index (χ2v) is 2.57. The molecule has 0 bridgehead atoms. The van der Waals surface area contributed by atoms with Gasteiger partial charge in [-0.05, 0) is 5.57 Å². The third-order valence-electron chi connectivity index (χ3n) is 1.94. The summed E-state index contributed by atoms with van der Waals surface area (Å²) in [7, 11) is 0. The van der Waals surface area contributed by atoms with Gasteiger partial charge >= 0.3 is 5.97 Å². The SMILES string of the molecule is O=C1OCCC1=C1CNC1. The topological polar surface area (TPSA) is 38.3 Å². The first-order valence-corrected chi connectivity index (χ1v) is 3.46. The number of hydrogen-bond donors (Lipinski definition) is 1. The van der Waals surface area contributed by atoms with Gasteiger partial charge < -0.3 is 10.1 Å². The molecule has 2 aliphatic heterocycles. The van der Waals surface area contributed by atoms with Crippen LogP contribution in [0.2, 0.25) is 0 Å². The molecule has 0 aromatic carbocycles. The fourth-order valence-corrected chi connectivity index (χ4v) is 1.22. The molecule has 0 amide bonds. The van der Waals surface area contributed by atoms with Crippen molar-refractivity contribution in [2.75, 3.05) is 19.7 Å². The van der Waals surface area contributed by atoms with Gasteiger partial charge in [0.25, 0.3) is 0 Å². The van der Waals surface area contributed by atoms with E-state index in [0.29, 0.717) is 6.61 Å². The maximum absolute atomic E-state index is 10.9. The number of esters is 1. The standard InChI is InChI=1S/C7H9NO2/c9-7-6(1-2-10-7)5-3-8-4-5/h8H,1-4H2. The predicted molar refractivity (Wildman–Crippen MR) is 35.5 cm³/mol. The normalized spacial score (nSPS) is 24.6. The molecule has 0 saturated carbocycles. The van der Waals surface area contributed by atoms with Gasteiger partial charge in [0.2, 0.25) is 0 Å². The number of carbonyl (C=O) groups is 1. The van der Waals surface area contributed by atoms with E-state index in [0.717, 1.165) is 25.1 Å². The molecular formula is C7H9NO2. The first kappa shape index (κ1) is 5.92. The van der Waals surface area contributed by atoms with Gasteiger partial charge in [0.15, 0.2) is 0 Å². The van der Waals surface area contributed by atoms with E-state index in [4.69, 9.17) is 4.74 Å². The van der Waals surface area contributed by atoms with Crippen LogP contribution in [0.25, 0.3) is 0 Å². The van der Waals surface area contributed by atoms with Gasteiger partial charge in [0.1, 0.15) is 0 Å². The molecule has 3 heteroatoms. The van der Waals surface area contributed by atoms with Crippen molar-refractivity contribution >= 4 is 5.97 Å². The lowest BCUT2D eigenvalue weighted by Crippen LogP contribution is -2.35. The molecule has 0 aliphatic carbocycles. The molecule has 2 rings (SSSR count). The second-order valence-electron chi connectivity index (χ2n) is 2.57. The number of hydrogen-bond acceptors (Lipinski definition) is 3. The van der Waals surface area contributed by atoms with Crippen LogP contribution in [0.15, 0.2) is 11.1 Å². The number of rotatable bonds is 0. The van der Waals surface area contributed by atoms with Crippen molar-refractivity contribution in [2.24, 2.45) is 0 Å². The van der Waals surface area contributed by atoms with Crippen LogP contribution in [0.3, 0.4) is 0 Å². The van der Waals surface area contributed by atoms with E-state index in [1.807, 2.05) is 0 Å². The molecule has 0 atom stereocenters. The van der Waals surface area contributed by atoms with E-state index in [2.05, 4.69) is 5.32 Å². The Morgan fingerprint density at radius 1 is 1.40 bits per heavy atom. The average molecular weight is 139 g/mol. The molecule has 0 unspecified atom stereocenters. The molecule has 0 aromatic rings. The van der Waals surface area contributed by atoms with E-state index in [1.165, 1.54) is 5.57 Å². The Kier molecular flexibility index (Phi) is 1.24. The summed E-state index contributed by atoms with van der Waals surface area (Å²) in [4.78, 5) is 10.9. The Morgan fingerprint density at radius 2 is 2.20 bits per heavy atom. The smallest absolute Gasteiger partial charge is 0.334 e. The molecule has 10 heavy (non-hydrogen) atoms. The highest BCUT2D eigenvalue weighted by Crippen LogP contribution is 2.19. The first-order valence-electron chi connectivity index (χ1n) is 3.46. The molecule has 54 valence electrons. The minimum Gasteiger partial charge on any atom is -0.462 e. The third-order valence-corrected chi connectivity index (χ3v) is 1.94. The summed E-state index contributed by atoms with van der Waals surface area (Å²) in [5.41, 5.74) is 2.15. The quantitative estimate of drug-likeness (QED) is 0.374. The molecule has 2 heterocycles. The lowest BCUT2D eigenvalue weighted by Gasteiger charge is -2.19. The summed E-state index contributed by atoms with van der Waals surface area (Å²) in [5.74, 6) is -0.100. The number of nitrogens with one attached hydrogen (secondary N) is 1.